The Morgan fingerprint density at radius 1 is 1.04 bits per heavy atom. The molecule has 0 fully saturated rings. The zero-order valence-electron chi connectivity index (χ0n) is 15.6. The van der Waals surface area contributed by atoms with Gasteiger partial charge in [-0.05, 0) is 11.1 Å². The van der Waals surface area contributed by atoms with Crippen molar-refractivity contribution in [2.24, 2.45) is 0 Å². The molecule has 150 valence electrons. The van der Waals surface area contributed by atoms with Gasteiger partial charge in [-0.25, -0.2) is 0 Å². The summed E-state index contributed by atoms with van der Waals surface area (Å²) in [6.45, 7) is 1.37. The van der Waals surface area contributed by atoms with Gasteiger partial charge in [-0.2, -0.15) is 0 Å². The van der Waals surface area contributed by atoms with Crippen molar-refractivity contribution < 1.29 is 28.3 Å². The third kappa shape index (κ3) is 8.05. The first-order chi connectivity index (χ1) is 13.4. The minimum Gasteiger partial charge on any atom is -0.481 e. The third-order valence-electron chi connectivity index (χ3n) is 3.82. The lowest BCUT2D eigenvalue weighted by Crippen LogP contribution is -2.38. The predicted molar refractivity (Wildman–Crippen MR) is 105 cm³/mol. The average Bonchev–Trinajstić information content (AvgIpc) is 2.67. The Bertz CT molecular complexity index is 812. The predicted octanol–water partition coefficient (Wildman–Crippen LogP) is 3.24. The molecule has 28 heavy (non-hydrogen) atoms. The minimum atomic E-state index is -3.53. The van der Waals surface area contributed by atoms with Gasteiger partial charge in [0.1, 0.15) is 6.10 Å². The quantitative estimate of drug-likeness (QED) is 0.557. The van der Waals surface area contributed by atoms with Gasteiger partial charge in [-0.1, -0.05) is 60.7 Å². The van der Waals surface area contributed by atoms with Gasteiger partial charge >= 0.3 is 13.6 Å². The molecule has 0 aromatic heterocycles. The first kappa shape index (κ1) is 21.8. The Hall–Kier alpha value is -2.47. The van der Waals surface area contributed by atoms with Crippen molar-refractivity contribution >= 4 is 19.5 Å². The van der Waals surface area contributed by atoms with Crippen molar-refractivity contribution in [1.29, 1.82) is 0 Å². The maximum atomic E-state index is 12.8. The number of rotatable bonds is 11. The van der Waals surface area contributed by atoms with Gasteiger partial charge in [0.05, 0.1) is 13.0 Å². The van der Waals surface area contributed by atoms with Crippen molar-refractivity contribution in [3.8, 4) is 0 Å². The van der Waals surface area contributed by atoms with Crippen LogP contribution < -0.4 is 5.32 Å². The molecule has 2 aromatic rings. The van der Waals surface area contributed by atoms with E-state index < -0.39 is 25.6 Å². The zero-order chi connectivity index (χ0) is 20.4. The molecule has 2 atom stereocenters. The molecule has 2 aromatic carbocycles. The molecule has 0 saturated carbocycles. The third-order valence-corrected chi connectivity index (χ3v) is 5.06. The van der Waals surface area contributed by atoms with Crippen molar-refractivity contribution in [3.05, 3.63) is 71.8 Å². The molecule has 8 heteroatoms. The Morgan fingerprint density at radius 2 is 1.61 bits per heavy atom. The van der Waals surface area contributed by atoms with Crippen LogP contribution in [0.15, 0.2) is 60.7 Å². The summed E-state index contributed by atoms with van der Waals surface area (Å²) >= 11 is 0. The highest BCUT2D eigenvalue weighted by Crippen LogP contribution is 2.46. The lowest BCUT2D eigenvalue weighted by molar-refractivity contribution is -0.137. The number of carboxylic acid groups (broad SMARTS) is 1. The van der Waals surface area contributed by atoms with E-state index in [9.17, 15) is 14.2 Å². The highest BCUT2D eigenvalue weighted by molar-refractivity contribution is 7.53. The van der Waals surface area contributed by atoms with Gasteiger partial charge in [0.25, 0.3) is 0 Å². The van der Waals surface area contributed by atoms with Gasteiger partial charge in [0.15, 0.2) is 0 Å². The minimum absolute atomic E-state index is 0.0400. The van der Waals surface area contributed by atoms with Crippen LogP contribution in [-0.4, -0.2) is 36.3 Å². The summed E-state index contributed by atoms with van der Waals surface area (Å²) in [5.41, 5.74) is 1.66. The second-order valence-corrected chi connectivity index (χ2v) is 8.26. The molecule has 0 radical (unpaired) electrons. The van der Waals surface area contributed by atoms with Gasteiger partial charge in [-0.15, -0.1) is 0 Å². The molecule has 0 bridgehead atoms. The summed E-state index contributed by atoms with van der Waals surface area (Å²) < 4.78 is 23.7. The molecule has 1 unspecified atom stereocenters. The van der Waals surface area contributed by atoms with Crippen molar-refractivity contribution in [2.45, 2.75) is 25.6 Å². The largest absolute Gasteiger partial charge is 0.481 e. The van der Waals surface area contributed by atoms with Crippen LogP contribution in [0.2, 0.25) is 0 Å². The summed E-state index contributed by atoms with van der Waals surface area (Å²) in [5.74, 6) is -1.55. The van der Waals surface area contributed by atoms with Crippen LogP contribution in [0.1, 0.15) is 17.5 Å². The molecular formula is C20H24NO6P. The highest BCUT2D eigenvalue weighted by atomic mass is 31.2. The first-order valence-electron chi connectivity index (χ1n) is 8.83. The fraction of sp³-hybridized carbons (Fsp3) is 0.300. The molecule has 0 aliphatic carbocycles. The Balaban J connectivity index is 2.02. The van der Waals surface area contributed by atoms with Crippen LogP contribution in [0.5, 0.6) is 0 Å². The van der Waals surface area contributed by atoms with Crippen LogP contribution in [0, 0.1) is 0 Å². The van der Waals surface area contributed by atoms with E-state index in [2.05, 4.69) is 5.32 Å². The number of benzene rings is 2. The molecule has 0 aliphatic rings. The molecule has 0 saturated heterocycles. The number of carbonyl (C=O) groups is 2. The fourth-order valence-corrected chi connectivity index (χ4v) is 3.52. The van der Waals surface area contributed by atoms with Crippen molar-refractivity contribution in [3.63, 3.8) is 0 Å². The zero-order valence-corrected chi connectivity index (χ0v) is 16.5. The number of hydrogen-bond acceptors (Lipinski definition) is 5. The molecule has 7 nitrogen and oxygen atoms in total. The molecule has 0 spiro atoms. The van der Waals surface area contributed by atoms with Crippen LogP contribution in [0.3, 0.4) is 0 Å². The monoisotopic (exact) mass is 405 g/mol. The number of carbonyl (C=O) groups excluding carboxylic acids is 1. The van der Waals surface area contributed by atoms with E-state index in [4.69, 9.17) is 14.2 Å². The summed E-state index contributed by atoms with van der Waals surface area (Å²) in [6.07, 6.45) is -1.09. The van der Waals surface area contributed by atoms with Crippen LogP contribution in [-0.2, 0) is 36.2 Å². The van der Waals surface area contributed by atoms with Gasteiger partial charge < -0.3 is 14.9 Å². The number of carboxylic acids is 1. The summed E-state index contributed by atoms with van der Waals surface area (Å²) in [7, 11) is -3.53. The Morgan fingerprint density at radius 3 is 2.18 bits per heavy atom. The second-order valence-electron chi connectivity index (χ2n) is 6.25. The molecule has 0 heterocycles. The number of amides is 1. The standard InChI is InChI=1S/C20H24NO6P/c1-28(25,26-15-17-10-6-3-7-11-17)27-18(14-16-8-4-2-5-9-16)20(24)21-13-12-19(22)23/h2-11,18H,12-15H2,1H3,(H,21,24)(H,22,23)/t18-,28?/m0/s1. The Labute approximate surface area is 164 Å². The maximum Gasteiger partial charge on any atom is 0.328 e. The van der Waals surface area contributed by atoms with Crippen LogP contribution >= 0.6 is 7.60 Å². The SMILES string of the molecule is CP(=O)(OCc1ccccc1)O[C@@H](Cc1ccccc1)C(=O)NCCC(=O)O. The molecule has 1 amide bonds. The van der Waals surface area contributed by atoms with Crippen LogP contribution in [0.25, 0.3) is 0 Å². The van der Waals surface area contributed by atoms with E-state index in [1.807, 2.05) is 60.7 Å². The first-order valence-corrected chi connectivity index (χ1v) is 10.8. The fourth-order valence-electron chi connectivity index (χ4n) is 2.44. The van der Waals surface area contributed by atoms with Crippen LogP contribution in [0.4, 0.5) is 0 Å². The van der Waals surface area contributed by atoms with Gasteiger partial charge in [-0.3, -0.25) is 18.7 Å². The van der Waals surface area contributed by atoms with Gasteiger partial charge in [0.2, 0.25) is 5.91 Å². The van der Waals surface area contributed by atoms with E-state index in [-0.39, 0.29) is 26.0 Å². The average molecular weight is 405 g/mol. The molecular weight excluding hydrogens is 381 g/mol. The van der Waals surface area contributed by atoms with E-state index >= 15 is 0 Å². The second kappa shape index (κ2) is 10.8. The Kier molecular flexibility index (Phi) is 8.39. The smallest absolute Gasteiger partial charge is 0.328 e. The topological polar surface area (TPSA) is 102 Å². The number of nitrogens with one attached hydrogen (secondary N) is 1. The summed E-state index contributed by atoms with van der Waals surface area (Å²) in [6, 6.07) is 18.4. The van der Waals surface area contributed by atoms with E-state index in [1.165, 1.54) is 6.66 Å². The van der Waals surface area contributed by atoms with E-state index in [1.54, 1.807) is 0 Å². The maximum absolute atomic E-state index is 12.8. The van der Waals surface area contributed by atoms with E-state index in [0.29, 0.717) is 0 Å². The summed E-state index contributed by atoms with van der Waals surface area (Å²) in [5, 5.41) is 11.2. The summed E-state index contributed by atoms with van der Waals surface area (Å²) in [4.78, 5) is 23.1. The molecule has 2 N–H and O–H groups in total. The van der Waals surface area contributed by atoms with Crippen molar-refractivity contribution in [1.82, 2.24) is 5.32 Å². The number of aliphatic carboxylic acids is 1. The highest BCUT2D eigenvalue weighted by Gasteiger charge is 2.29. The van der Waals surface area contributed by atoms with Gasteiger partial charge in [0, 0.05) is 19.6 Å². The lowest BCUT2D eigenvalue weighted by atomic mass is 10.1. The molecule has 2 rings (SSSR count). The number of hydrogen-bond donors (Lipinski definition) is 2. The lowest BCUT2D eigenvalue weighted by Gasteiger charge is -2.22. The van der Waals surface area contributed by atoms with Crippen molar-refractivity contribution in [2.75, 3.05) is 13.2 Å². The normalized spacial score (nSPS) is 14.0. The molecule has 0 aliphatic heterocycles. The van der Waals surface area contributed by atoms with E-state index in [0.717, 1.165) is 11.1 Å².